The molecule has 0 aliphatic rings. The molecular weight excluding hydrogens is 393 g/mol. The molecule has 1 N–H and O–H groups in total. The molecule has 4 rings (SSSR count). The van der Waals surface area contributed by atoms with E-state index in [0.717, 1.165) is 11.8 Å². The Morgan fingerprint density at radius 2 is 2.03 bits per heavy atom. The van der Waals surface area contributed by atoms with Gasteiger partial charge < -0.3 is 10.1 Å². The third kappa shape index (κ3) is 4.02. The number of ether oxygens (including phenoxy) is 1. The number of anilines is 1. The van der Waals surface area contributed by atoms with Crippen molar-refractivity contribution >= 4 is 27.9 Å². The summed E-state index contributed by atoms with van der Waals surface area (Å²) < 4.78 is 20.7. The van der Waals surface area contributed by atoms with Crippen molar-refractivity contribution in [2.75, 3.05) is 5.32 Å². The van der Waals surface area contributed by atoms with E-state index in [4.69, 9.17) is 4.74 Å². The number of amides is 1. The van der Waals surface area contributed by atoms with Gasteiger partial charge in [-0.1, -0.05) is 18.2 Å². The predicted molar refractivity (Wildman–Crippen MR) is 109 cm³/mol. The number of carbonyl (C=O) groups excluding carboxylic acids is 1. The SMILES string of the molecule is Cc1csc2nc(COc3ccccc3NC(=O)c3cccc(F)c3)cc(=O)n12. The lowest BCUT2D eigenvalue weighted by atomic mass is 10.2. The van der Waals surface area contributed by atoms with E-state index in [1.54, 1.807) is 28.7 Å². The number of aryl methyl sites for hydroxylation is 1. The summed E-state index contributed by atoms with van der Waals surface area (Å²) in [6, 6.07) is 13.8. The third-order valence-corrected chi connectivity index (χ3v) is 5.17. The fraction of sp³-hybridized carbons (Fsp3) is 0.0952. The Morgan fingerprint density at radius 3 is 2.86 bits per heavy atom. The van der Waals surface area contributed by atoms with E-state index in [1.807, 2.05) is 12.3 Å². The molecule has 0 saturated carbocycles. The number of nitrogens with zero attached hydrogens (tertiary/aromatic N) is 2. The first kappa shape index (κ1) is 18.8. The lowest BCUT2D eigenvalue weighted by molar-refractivity contribution is 0.102. The van der Waals surface area contributed by atoms with Crippen LogP contribution in [0, 0.1) is 12.7 Å². The molecule has 0 bridgehead atoms. The van der Waals surface area contributed by atoms with Gasteiger partial charge in [0.2, 0.25) is 0 Å². The van der Waals surface area contributed by atoms with Gasteiger partial charge in [-0.25, -0.2) is 9.37 Å². The molecule has 4 aromatic rings. The molecule has 0 aliphatic carbocycles. The fourth-order valence-corrected chi connectivity index (χ4v) is 3.74. The maximum absolute atomic E-state index is 13.4. The van der Waals surface area contributed by atoms with Crippen molar-refractivity contribution in [3.8, 4) is 5.75 Å². The van der Waals surface area contributed by atoms with Gasteiger partial charge in [0, 0.05) is 22.7 Å². The number of rotatable bonds is 5. The van der Waals surface area contributed by atoms with Crippen molar-refractivity contribution in [2.45, 2.75) is 13.5 Å². The fourth-order valence-electron chi connectivity index (χ4n) is 2.85. The van der Waals surface area contributed by atoms with Gasteiger partial charge in [-0.3, -0.25) is 14.0 Å². The monoisotopic (exact) mass is 409 g/mol. The van der Waals surface area contributed by atoms with Crippen LogP contribution < -0.4 is 15.6 Å². The van der Waals surface area contributed by atoms with Gasteiger partial charge in [-0.2, -0.15) is 0 Å². The van der Waals surface area contributed by atoms with E-state index in [1.165, 1.54) is 35.6 Å². The summed E-state index contributed by atoms with van der Waals surface area (Å²) in [5, 5.41) is 4.59. The highest BCUT2D eigenvalue weighted by Crippen LogP contribution is 2.25. The van der Waals surface area contributed by atoms with E-state index in [2.05, 4.69) is 10.3 Å². The average molecular weight is 409 g/mol. The van der Waals surface area contributed by atoms with Gasteiger partial charge in [0.15, 0.2) is 4.96 Å². The minimum absolute atomic E-state index is 0.0650. The van der Waals surface area contributed by atoms with Crippen molar-refractivity contribution in [2.24, 2.45) is 0 Å². The molecular formula is C21H16FN3O3S. The molecule has 0 saturated heterocycles. The molecule has 0 atom stereocenters. The van der Waals surface area contributed by atoms with Crippen molar-refractivity contribution in [1.82, 2.24) is 9.38 Å². The predicted octanol–water partition coefficient (Wildman–Crippen LogP) is 4.03. The Labute approximate surface area is 169 Å². The summed E-state index contributed by atoms with van der Waals surface area (Å²) in [5.41, 5.74) is 1.79. The minimum atomic E-state index is -0.487. The first-order chi connectivity index (χ1) is 14.0. The summed E-state index contributed by atoms with van der Waals surface area (Å²) in [6.45, 7) is 1.91. The van der Waals surface area contributed by atoms with Crippen LogP contribution in [0.1, 0.15) is 21.7 Å². The topological polar surface area (TPSA) is 72.7 Å². The van der Waals surface area contributed by atoms with Gasteiger partial charge in [0.25, 0.3) is 11.5 Å². The van der Waals surface area contributed by atoms with Crippen molar-refractivity contribution in [1.29, 1.82) is 0 Å². The zero-order valence-electron chi connectivity index (χ0n) is 15.4. The highest BCUT2D eigenvalue weighted by Gasteiger charge is 2.12. The Morgan fingerprint density at radius 1 is 1.21 bits per heavy atom. The number of hydrogen-bond acceptors (Lipinski definition) is 5. The number of thiazole rings is 1. The highest BCUT2D eigenvalue weighted by atomic mass is 32.1. The van der Waals surface area contributed by atoms with Crippen LogP contribution in [0.15, 0.2) is 64.8 Å². The standard InChI is InChI=1S/C21H16FN3O3S/c1-13-12-29-21-23-16(10-19(26)25(13)21)11-28-18-8-3-2-7-17(18)24-20(27)14-5-4-6-15(22)9-14/h2-10,12H,11H2,1H3,(H,24,27). The Kier molecular flexibility index (Phi) is 5.09. The van der Waals surface area contributed by atoms with E-state index in [-0.39, 0.29) is 17.7 Å². The first-order valence-corrected chi connectivity index (χ1v) is 9.65. The summed E-state index contributed by atoms with van der Waals surface area (Å²) in [5.74, 6) is -0.521. The van der Waals surface area contributed by atoms with Gasteiger partial charge >= 0.3 is 0 Å². The van der Waals surface area contributed by atoms with Crippen LogP contribution in [0.5, 0.6) is 5.75 Å². The van der Waals surface area contributed by atoms with Gasteiger partial charge in [-0.05, 0) is 37.3 Å². The lowest BCUT2D eigenvalue weighted by Gasteiger charge is -2.12. The number of benzene rings is 2. The van der Waals surface area contributed by atoms with Crippen molar-refractivity contribution in [3.63, 3.8) is 0 Å². The third-order valence-electron chi connectivity index (χ3n) is 4.23. The quantitative estimate of drug-likeness (QED) is 0.540. The molecule has 0 fully saturated rings. The van der Waals surface area contributed by atoms with E-state index in [0.29, 0.717) is 22.1 Å². The van der Waals surface area contributed by atoms with Crippen molar-refractivity contribution < 1.29 is 13.9 Å². The van der Waals surface area contributed by atoms with Crippen LogP contribution in [0.3, 0.4) is 0 Å². The number of hydrogen-bond donors (Lipinski definition) is 1. The molecule has 29 heavy (non-hydrogen) atoms. The van der Waals surface area contributed by atoms with Crippen LogP contribution >= 0.6 is 11.3 Å². The molecule has 0 unspecified atom stereocenters. The Bertz CT molecular complexity index is 1270. The number of halogens is 1. The van der Waals surface area contributed by atoms with Gasteiger partial charge in [0.1, 0.15) is 18.2 Å². The highest BCUT2D eigenvalue weighted by molar-refractivity contribution is 7.15. The van der Waals surface area contributed by atoms with Gasteiger partial charge in [0.05, 0.1) is 11.4 Å². The minimum Gasteiger partial charge on any atom is -0.485 e. The number of aromatic nitrogens is 2. The molecule has 0 radical (unpaired) electrons. The van der Waals surface area contributed by atoms with Crippen LogP contribution in [-0.4, -0.2) is 15.3 Å². The maximum atomic E-state index is 13.4. The smallest absolute Gasteiger partial charge is 0.259 e. The Balaban J connectivity index is 1.53. The number of nitrogens with one attached hydrogen (secondary N) is 1. The molecule has 2 aromatic carbocycles. The van der Waals surface area contributed by atoms with E-state index in [9.17, 15) is 14.0 Å². The molecule has 1 amide bonds. The largest absolute Gasteiger partial charge is 0.485 e. The molecule has 0 aliphatic heterocycles. The number of fused-ring (bicyclic) bond motifs is 1. The normalized spacial score (nSPS) is 10.8. The van der Waals surface area contributed by atoms with Crippen LogP contribution in [0.4, 0.5) is 10.1 Å². The zero-order valence-corrected chi connectivity index (χ0v) is 16.2. The molecule has 0 spiro atoms. The second kappa shape index (κ2) is 7.84. The summed E-state index contributed by atoms with van der Waals surface area (Å²) in [7, 11) is 0. The molecule has 6 nitrogen and oxygen atoms in total. The van der Waals surface area contributed by atoms with Gasteiger partial charge in [-0.15, -0.1) is 11.3 Å². The van der Waals surface area contributed by atoms with Crippen LogP contribution in [0.25, 0.3) is 4.96 Å². The second-order valence-corrected chi connectivity index (χ2v) is 7.17. The average Bonchev–Trinajstić information content (AvgIpc) is 3.08. The lowest BCUT2D eigenvalue weighted by Crippen LogP contribution is -2.16. The summed E-state index contributed by atoms with van der Waals surface area (Å²) in [4.78, 5) is 29.7. The van der Waals surface area contributed by atoms with Crippen LogP contribution in [-0.2, 0) is 6.61 Å². The summed E-state index contributed by atoms with van der Waals surface area (Å²) >= 11 is 1.38. The maximum Gasteiger partial charge on any atom is 0.259 e. The van der Waals surface area contributed by atoms with E-state index < -0.39 is 11.7 Å². The Hall–Kier alpha value is -3.52. The van der Waals surface area contributed by atoms with Crippen LogP contribution in [0.2, 0.25) is 0 Å². The van der Waals surface area contributed by atoms with Crippen molar-refractivity contribution in [3.05, 3.63) is 93.1 Å². The molecule has 2 heterocycles. The molecule has 2 aromatic heterocycles. The van der Waals surface area contributed by atoms with E-state index >= 15 is 0 Å². The molecule has 146 valence electrons. The molecule has 8 heteroatoms. The number of carbonyl (C=O) groups is 1. The first-order valence-electron chi connectivity index (χ1n) is 8.77. The number of para-hydroxylation sites is 2. The summed E-state index contributed by atoms with van der Waals surface area (Å²) in [6.07, 6.45) is 0. The zero-order chi connectivity index (χ0) is 20.4. The second-order valence-electron chi connectivity index (χ2n) is 6.33.